The maximum Gasteiger partial charge on any atom is 0.411 e. The number of likely N-dealkylation sites (N-methyl/N-ethyl adjacent to an activating group) is 1. The smallest absolute Gasteiger partial charge is 0.411 e. The molecule has 1 saturated heterocycles. The zero-order valence-electron chi connectivity index (χ0n) is 20.1. The minimum atomic E-state index is -1.16. The lowest BCUT2D eigenvalue weighted by atomic mass is 10.1. The predicted octanol–water partition coefficient (Wildman–Crippen LogP) is 2.88. The van der Waals surface area contributed by atoms with Crippen LogP contribution < -0.4 is 5.32 Å². The van der Waals surface area contributed by atoms with Crippen LogP contribution in [0.25, 0.3) is 0 Å². The molecule has 1 aliphatic heterocycles. The summed E-state index contributed by atoms with van der Waals surface area (Å²) in [6.45, 7) is 5.72. The van der Waals surface area contributed by atoms with Crippen molar-refractivity contribution in [3.63, 3.8) is 0 Å². The van der Waals surface area contributed by atoms with Crippen molar-refractivity contribution >= 4 is 12.0 Å². The van der Waals surface area contributed by atoms with Crippen LogP contribution in [-0.4, -0.2) is 65.6 Å². The molecule has 0 aromatic heterocycles. The summed E-state index contributed by atoms with van der Waals surface area (Å²) >= 11 is 0. The van der Waals surface area contributed by atoms with E-state index in [-0.39, 0.29) is 13.2 Å². The first-order valence-corrected chi connectivity index (χ1v) is 11.4. The highest BCUT2D eigenvalue weighted by atomic mass is 16.6. The first kappa shape index (κ1) is 25.7. The van der Waals surface area contributed by atoms with Crippen molar-refractivity contribution in [3.8, 4) is 0 Å². The number of benzene rings is 2. The topological polar surface area (TPSA) is 97.3 Å². The van der Waals surface area contributed by atoms with Crippen molar-refractivity contribution in [2.45, 2.75) is 63.9 Å². The van der Waals surface area contributed by atoms with Gasteiger partial charge in [0.25, 0.3) is 0 Å². The lowest BCUT2D eigenvalue weighted by molar-refractivity contribution is -0.130. The second kappa shape index (κ2) is 11.5. The Morgan fingerprint density at radius 3 is 2.06 bits per heavy atom. The fraction of sp³-hybridized carbons (Fsp3) is 0.462. The van der Waals surface area contributed by atoms with Crippen LogP contribution >= 0.6 is 0 Å². The molecule has 0 saturated carbocycles. The maximum atomic E-state index is 13.2. The minimum absolute atomic E-state index is 0.00793. The number of hydrogen-bond donors (Lipinski definition) is 2. The van der Waals surface area contributed by atoms with E-state index < -0.39 is 41.9 Å². The molecule has 4 atom stereocenters. The molecule has 4 unspecified atom stereocenters. The second-order valence-corrected chi connectivity index (χ2v) is 9.27. The number of aliphatic hydroxyl groups excluding tert-OH is 1. The van der Waals surface area contributed by atoms with E-state index in [1.165, 1.54) is 11.9 Å². The first-order chi connectivity index (χ1) is 16.2. The van der Waals surface area contributed by atoms with E-state index in [1.807, 2.05) is 60.7 Å². The summed E-state index contributed by atoms with van der Waals surface area (Å²) in [7, 11) is 1.48. The number of amides is 2. The highest BCUT2D eigenvalue weighted by molar-refractivity contribution is 5.87. The number of nitrogens with zero attached hydrogens (tertiary/aromatic N) is 1. The van der Waals surface area contributed by atoms with E-state index >= 15 is 0 Å². The summed E-state index contributed by atoms with van der Waals surface area (Å²) in [6.07, 6.45) is -2.83. The third kappa shape index (κ3) is 6.56. The highest BCUT2D eigenvalue weighted by Gasteiger charge is 2.55. The summed E-state index contributed by atoms with van der Waals surface area (Å²) in [5.41, 5.74) is 1.06. The van der Waals surface area contributed by atoms with Gasteiger partial charge in [-0.25, -0.2) is 4.79 Å². The van der Waals surface area contributed by atoms with Crippen molar-refractivity contribution in [2.75, 3.05) is 13.7 Å². The quantitative estimate of drug-likeness (QED) is 0.616. The van der Waals surface area contributed by atoms with Gasteiger partial charge in [0.2, 0.25) is 5.91 Å². The SMILES string of the molecule is CNC(=O)C1C(OCc2ccccc2)C(O)C(COCc2ccccc2)N1C(=O)OC(C)(C)C. The van der Waals surface area contributed by atoms with E-state index in [4.69, 9.17) is 14.2 Å². The van der Waals surface area contributed by atoms with Crippen LogP contribution in [-0.2, 0) is 32.2 Å². The first-order valence-electron chi connectivity index (χ1n) is 11.4. The molecule has 0 spiro atoms. The Hall–Kier alpha value is -2.94. The van der Waals surface area contributed by atoms with Gasteiger partial charge in [-0.2, -0.15) is 0 Å². The maximum absolute atomic E-state index is 13.2. The Bertz CT molecular complexity index is 931. The number of rotatable bonds is 8. The van der Waals surface area contributed by atoms with Crippen LogP contribution in [0.5, 0.6) is 0 Å². The molecule has 184 valence electrons. The molecule has 2 amide bonds. The van der Waals surface area contributed by atoms with Crippen molar-refractivity contribution in [3.05, 3.63) is 71.8 Å². The molecule has 3 rings (SSSR count). The number of ether oxygens (including phenoxy) is 3. The number of carbonyl (C=O) groups is 2. The largest absolute Gasteiger partial charge is 0.444 e. The van der Waals surface area contributed by atoms with Gasteiger partial charge in [-0.15, -0.1) is 0 Å². The summed E-state index contributed by atoms with van der Waals surface area (Å²) in [4.78, 5) is 27.4. The number of nitrogens with one attached hydrogen (secondary N) is 1. The Balaban J connectivity index is 1.84. The van der Waals surface area contributed by atoms with Gasteiger partial charge in [-0.1, -0.05) is 60.7 Å². The van der Waals surface area contributed by atoms with Gasteiger partial charge in [0.05, 0.1) is 25.9 Å². The van der Waals surface area contributed by atoms with E-state index in [1.54, 1.807) is 20.8 Å². The number of aliphatic hydroxyl groups is 1. The molecule has 8 nitrogen and oxygen atoms in total. The fourth-order valence-corrected chi connectivity index (χ4v) is 3.93. The van der Waals surface area contributed by atoms with Crippen LogP contribution in [0.15, 0.2) is 60.7 Å². The van der Waals surface area contributed by atoms with Crippen LogP contribution in [0, 0.1) is 0 Å². The van der Waals surface area contributed by atoms with Gasteiger partial charge >= 0.3 is 6.09 Å². The minimum Gasteiger partial charge on any atom is -0.444 e. The zero-order chi connectivity index (χ0) is 24.7. The van der Waals surface area contributed by atoms with Crippen molar-refractivity contribution < 1.29 is 28.9 Å². The van der Waals surface area contributed by atoms with Gasteiger partial charge in [0.15, 0.2) is 0 Å². The lowest BCUT2D eigenvalue weighted by Crippen LogP contribution is -2.53. The fourth-order valence-electron chi connectivity index (χ4n) is 3.93. The molecule has 1 aliphatic rings. The van der Waals surface area contributed by atoms with E-state index in [9.17, 15) is 14.7 Å². The molecule has 1 fully saturated rings. The van der Waals surface area contributed by atoms with Crippen molar-refractivity contribution in [2.24, 2.45) is 0 Å². The standard InChI is InChI=1S/C26H34N2O6/c1-26(2,3)34-25(31)28-20(17-32-15-18-11-7-5-8-12-18)22(29)23(21(28)24(30)27-4)33-16-19-13-9-6-10-14-19/h5-14,20-23,29H,15-17H2,1-4H3,(H,27,30). The summed E-state index contributed by atoms with van der Waals surface area (Å²) in [6, 6.07) is 17.1. The third-order valence-corrected chi connectivity index (χ3v) is 5.50. The average Bonchev–Trinajstić information content (AvgIpc) is 3.09. The monoisotopic (exact) mass is 470 g/mol. The van der Waals surface area contributed by atoms with E-state index in [0.29, 0.717) is 6.61 Å². The third-order valence-electron chi connectivity index (χ3n) is 5.50. The van der Waals surface area contributed by atoms with Crippen LogP contribution in [0.1, 0.15) is 31.9 Å². The van der Waals surface area contributed by atoms with Crippen LogP contribution in [0.3, 0.4) is 0 Å². The van der Waals surface area contributed by atoms with Crippen LogP contribution in [0.2, 0.25) is 0 Å². The Labute approximate surface area is 200 Å². The van der Waals surface area contributed by atoms with E-state index in [0.717, 1.165) is 11.1 Å². The van der Waals surface area contributed by atoms with Gasteiger partial charge in [-0.3, -0.25) is 9.69 Å². The Morgan fingerprint density at radius 2 is 1.53 bits per heavy atom. The van der Waals surface area contributed by atoms with E-state index in [2.05, 4.69) is 5.32 Å². The molecular weight excluding hydrogens is 436 g/mol. The summed E-state index contributed by atoms with van der Waals surface area (Å²) < 4.78 is 17.5. The molecular formula is C26H34N2O6. The molecule has 0 radical (unpaired) electrons. The molecule has 0 aliphatic carbocycles. The number of hydrogen-bond acceptors (Lipinski definition) is 6. The molecule has 1 heterocycles. The van der Waals surface area contributed by atoms with Gasteiger partial charge < -0.3 is 24.6 Å². The molecule has 2 aromatic carbocycles. The molecule has 0 bridgehead atoms. The highest BCUT2D eigenvalue weighted by Crippen LogP contribution is 2.31. The van der Waals surface area contributed by atoms with Crippen molar-refractivity contribution in [1.29, 1.82) is 0 Å². The predicted molar refractivity (Wildman–Crippen MR) is 127 cm³/mol. The second-order valence-electron chi connectivity index (χ2n) is 9.27. The number of carbonyl (C=O) groups excluding carboxylic acids is 2. The van der Waals surface area contributed by atoms with Crippen molar-refractivity contribution in [1.82, 2.24) is 10.2 Å². The van der Waals surface area contributed by atoms with Gasteiger partial charge in [0.1, 0.15) is 23.9 Å². The molecule has 2 N–H and O–H groups in total. The molecule has 2 aromatic rings. The van der Waals surface area contributed by atoms with Gasteiger partial charge in [-0.05, 0) is 31.9 Å². The Morgan fingerprint density at radius 1 is 0.971 bits per heavy atom. The van der Waals surface area contributed by atoms with Gasteiger partial charge in [0, 0.05) is 7.05 Å². The molecule has 8 heteroatoms. The normalized spacial score (nSPS) is 22.4. The molecule has 34 heavy (non-hydrogen) atoms. The average molecular weight is 471 g/mol. The summed E-state index contributed by atoms with van der Waals surface area (Å²) in [5.74, 6) is -0.450. The Kier molecular flexibility index (Phi) is 8.66. The zero-order valence-corrected chi connectivity index (χ0v) is 20.1. The number of likely N-dealkylation sites (tertiary alicyclic amines) is 1. The lowest BCUT2D eigenvalue weighted by Gasteiger charge is -2.32. The van der Waals surface area contributed by atoms with Crippen LogP contribution in [0.4, 0.5) is 4.79 Å². The summed E-state index contributed by atoms with van der Waals surface area (Å²) in [5, 5.41) is 13.8.